The van der Waals surface area contributed by atoms with Crippen LogP contribution < -0.4 is 11.1 Å². The van der Waals surface area contributed by atoms with Crippen LogP contribution in [0.2, 0.25) is 0 Å². The highest BCUT2D eigenvalue weighted by atomic mass is 19.4. The fourth-order valence-corrected chi connectivity index (χ4v) is 1.74. The van der Waals surface area contributed by atoms with Gasteiger partial charge in [0.2, 0.25) is 0 Å². The van der Waals surface area contributed by atoms with Crippen LogP contribution in [0.3, 0.4) is 0 Å². The Balaban J connectivity index is 2.32. The lowest BCUT2D eigenvalue weighted by Gasteiger charge is -2.10. The van der Waals surface area contributed by atoms with Crippen LogP contribution in [0, 0.1) is 5.82 Å². The number of amides is 2. The van der Waals surface area contributed by atoms with Crippen molar-refractivity contribution in [2.75, 3.05) is 5.32 Å². The van der Waals surface area contributed by atoms with Gasteiger partial charge in [0.05, 0.1) is 17.3 Å². The molecule has 1 heterocycles. The van der Waals surface area contributed by atoms with E-state index in [1.54, 1.807) is 0 Å². The van der Waals surface area contributed by atoms with Crippen LogP contribution in [0.5, 0.6) is 0 Å². The number of carbonyl (C=O) groups excluding carboxylic acids is 2. The number of anilines is 1. The number of halogens is 4. The van der Waals surface area contributed by atoms with E-state index in [0.29, 0.717) is 6.07 Å². The molecule has 0 aliphatic rings. The molecule has 0 radical (unpaired) electrons. The Labute approximate surface area is 127 Å². The Morgan fingerprint density at radius 2 is 1.87 bits per heavy atom. The number of alkyl halides is 3. The molecule has 2 rings (SSSR count). The van der Waals surface area contributed by atoms with Gasteiger partial charge in [-0.25, -0.2) is 9.37 Å². The van der Waals surface area contributed by atoms with Crippen molar-refractivity contribution >= 4 is 17.6 Å². The Hall–Kier alpha value is -2.97. The smallest absolute Gasteiger partial charge is 0.365 e. The minimum absolute atomic E-state index is 0.304. The highest BCUT2D eigenvalue weighted by Crippen LogP contribution is 2.29. The molecule has 23 heavy (non-hydrogen) atoms. The predicted molar refractivity (Wildman–Crippen MR) is 72.1 cm³/mol. The monoisotopic (exact) mass is 327 g/mol. The van der Waals surface area contributed by atoms with Gasteiger partial charge in [0.1, 0.15) is 11.6 Å². The van der Waals surface area contributed by atoms with E-state index in [1.807, 2.05) is 0 Å². The third-order valence-electron chi connectivity index (χ3n) is 2.80. The molecule has 2 amide bonds. The maximum Gasteiger partial charge on any atom is 0.416 e. The first-order chi connectivity index (χ1) is 10.7. The average Bonchev–Trinajstić information content (AvgIpc) is 2.48. The lowest BCUT2D eigenvalue weighted by Crippen LogP contribution is -2.20. The first-order valence-corrected chi connectivity index (χ1v) is 6.12. The first-order valence-electron chi connectivity index (χ1n) is 6.12. The maximum atomic E-state index is 13.0. The Morgan fingerprint density at radius 1 is 1.17 bits per heavy atom. The lowest BCUT2D eigenvalue weighted by molar-refractivity contribution is -0.137. The number of hydrogen-bond donors (Lipinski definition) is 2. The maximum absolute atomic E-state index is 13.0. The first kappa shape index (κ1) is 16.4. The van der Waals surface area contributed by atoms with E-state index in [-0.39, 0.29) is 11.4 Å². The molecular weight excluding hydrogens is 318 g/mol. The summed E-state index contributed by atoms with van der Waals surface area (Å²) in [5.41, 5.74) is 3.32. The van der Waals surface area contributed by atoms with E-state index in [9.17, 15) is 27.2 Å². The van der Waals surface area contributed by atoms with Crippen LogP contribution in [0.25, 0.3) is 0 Å². The zero-order valence-electron chi connectivity index (χ0n) is 11.3. The number of carbonyl (C=O) groups is 2. The molecule has 0 saturated heterocycles. The third-order valence-corrected chi connectivity index (χ3v) is 2.80. The molecule has 2 aromatic rings. The number of nitrogens with one attached hydrogen (secondary N) is 1. The van der Waals surface area contributed by atoms with Gasteiger partial charge in [-0.1, -0.05) is 6.07 Å². The van der Waals surface area contributed by atoms with Crippen LogP contribution in [-0.4, -0.2) is 16.8 Å². The van der Waals surface area contributed by atoms with Crippen LogP contribution in [0.1, 0.15) is 26.3 Å². The van der Waals surface area contributed by atoms with Gasteiger partial charge in [-0.3, -0.25) is 9.59 Å². The molecule has 120 valence electrons. The summed E-state index contributed by atoms with van der Waals surface area (Å²) in [7, 11) is 0. The van der Waals surface area contributed by atoms with Crippen molar-refractivity contribution < 1.29 is 27.2 Å². The van der Waals surface area contributed by atoms with Crippen LogP contribution in [0.4, 0.5) is 23.4 Å². The third kappa shape index (κ3) is 3.82. The molecule has 9 heteroatoms. The highest BCUT2D eigenvalue weighted by molar-refractivity contribution is 6.07. The van der Waals surface area contributed by atoms with Gasteiger partial charge in [0.25, 0.3) is 11.8 Å². The molecule has 0 aliphatic carbocycles. The number of primary amides is 1. The Morgan fingerprint density at radius 3 is 2.48 bits per heavy atom. The van der Waals surface area contributed by atoms with Crippen molar-refractivity contribution in [3.63, 3.8) is 0 Å². The standard InChI is InChI=1S/C14H9F4N3O2/c15-9-5-10(11(19)22)12(20-6-9)21-13(23)7-2-1-3-8(4-7)14(16,17)18/h1-6H,(H2,19,22)(H,20,21,23). The SMILES string of the molecule is NC(=O)c1cc(F)cnc1NC(=O)c1cccc(C(F)(F)F)c1. The fraction of sp³-hybridized carbons (Fsp3) is 0.0714. The zero-order valence-corrected chi connectivity index (χ0v) is 11.3. The molecule has 1 aromatic heterocycles. The average molecular weight is 327 g/mol. The van der Waals surface area contributed by atoms with Gasteiger partial charge in [-0.2, -0.15) is 13.2 Å². The summed E-state index contributed by atoms with van der Waals surface area (Å²) in [5, 5.41) is 2.13. The molecule has 0 spiro atoms. The summed E-state index contributed by atoms with van der Waals surface area (Å²) >= 11 is 0. The Kier molecular flexibility index (Phi) is 4.30. The molecule has 0 bridgehead atoms. The normalized spacial score (nSPS) is 11.1. The van der Waals surface area contributed by atoms with Crippen molar-refractivity contribution in [3.8, 4) is 0 Å². The predicted octanol–water partition coefficient (Wildman–Crippen LogP) is 2.59. The van der Waals surface area contributed by atoms with Gasteiger partial charge < -0.3 is 11.1 Å². The number of nitrogens with two attached hydrogens (primary N) is 1. The number of benzene rings is 1. The van der Waals surface area contributed by atoms with E-state index in [4.69, 9.17) is 5.73 Å². The second-order valence-corrected chi connectivity index (χ2v) is 4.45. The molecule has 0 atom stereocenters. The summed E-state index contributed by atoms with van der Waals surface area (Å²) in [6.45, 7) is 0. The topological polar surface area (TPSA) is 85.1 Å². The second kappa shape index (κ2) is 6.03. The summed E-state index contributed by atoms with van der Waals surface area (Å²) in [5.74, 6) is -3.19. The van der Waals surface area contributed by atoms with Gasteiger partial charge >= 0.3 is 6.18 Å². The number of nitrogens with zero attached hydrogens (tertiary/aromatic N) is 1. The number of hydrogen-bond acceptors (Lipinski definition) is 3. The minimum atomic E-state index is -4.61. The lowest BCUT2D eigenvalue weighted by atomic mass is 10.1. The van der Waals surface area contributed by atoms with Crippen molar-refractivity contribution in [3.05, 3.63) is 59.0 Å². The van der Waals surface area contributed by atoms with Gasteiger partial charge in [-0.05, 0) is 24.3 Å². The van der Waals surface area contributed by atoms with Crippen LogP contribution >= 0.6 is 0 Å². The fourth-order valence-electron chi connectivity index (χ4n) is 1.74. The van der Waals surface area contributed by atoms with Gasteiger partial charge in [0, 0.05) is 5.56 Å². The molecule has 5 nitrogen and oxygen atoms in total. The summed E-state index contributed by atoms with van der Waals surface area (Å²) in [6, 6.07) is 4.42. The van der Waals surface area contributed by atoms with Gasteiger partial charge in [-0.15, -0.1) is 0 Å². The summed E-state index contributed by atoms with van der Waals surface area (Å²) in [6.07, 6.45) is -3.88. The van der Waals surface area contributed by atoms with E-state index >= 15 is 0 Å². The molecular formula is C14H9F4N3O2. The molecule has 0 aliphatic heterocycles. The molecule has 0 saturated carbocycles. The zero-order chi connectivity index (χ0) is 17.2. The minimum Gasteiger partial charge on any atom is -0.365 e. The molecule has 3 N–H and O–H groups in total. The quantitative estimate of drug-likeness (QED) is 0.850. The largest absolute Gasteiger partial charge is 0.416 e. The summed E-state index contributed by atoms with van der Waals surface area (Å²) in [4.78, 5) is 26.7. The van der Waals surface area contributed by atoms with E-state index in [1.165, 1.54) is 0 Å². The second-order valence-electron chi connectivity index (χ2n) is 4.45. The van der Waals surface area contributed by atoms with Crippen molar-refractivity contribution in [2.45, 2.75) is 6.18 Å². The summed E-state index contributed by atoms with van der Waals surface area (Å²) < 4.78 is 50.9. The number of rotatable bonds is 3. The molecule has 0 fully saturated rings. The van der Waals surface area contributed by atoms with E-state index < -0.39 is 34.9 Å². The van der Waals surface area contributed by atoms with Crippen molar-refractivity contribution in [1.29, 1.82) is 0 Å². The van der Waals surface area contributed by atoms with Crippen LogP contribution in [0.15, 0.2) is 36.5 Å². The van der Waals surface area contributed by atoms with Gasteiger partial charge in [0.15, 0.2) is 0 Å². The number of aromatic nitrogens is 1. The highest BCUT2D eigenvalue weighted by Gasteiger charge is 2.31. The van der Waals surface area contributed by atoms with E-state index in [0.717, 1.165) is 30.5 Å². The molecule has 1 aromatic carbocycles. The van der Waals surface area contributed by atoms with E-state index in [2.05, 4.69) is 10.3 Å². The molecule has 0 unspecified atom stereocenters. The Bertz CT molecular complexity index is 775. The van der Waals surface area contributed by atoms with Crippen molar-refractivity contribution in [2.24, 2.45) is 5.73 Å². The van der Waals surface area contributed by atoms with Crippen LogP contribution in [-0.2, 0) is 6.18 Å². The number of pyridine rings is 1. The van der Waals surface area contributed by atoms with Crippen molar-refractivity contribution in [1.82, 2.24) is 4.98 Å².